The molecule has 0 unspecified atom stereocenters. The molecule has 0 spiro atoms. The topological polar surface area (TPSA) is 18.5 Å². The average molecular weight is 294 g/mol. The molecule has 21 heavy (non-hydrogen) atoms. The Labute approximate surface area is 132 Å². The number of rotatable bonds is 6. The van der Waals surface area contributed by atoms with Gasteiger partial charge in [-0.3, -0.25) is 0 Å². The normalized spacial score (nSPS) is 21.9. The Hall–Kier alpha value is -0.275. The molecule has 0 aromatic heterocycles. The minimum absolute atomic E-state index is 0.156. The number of unbranched alkanes of at least 4 members (excludes halogenated alkanes) is 3. The van der Waals surface area contributed by atoms with E-state index in [4.69, 9.17) is 9.31 Å². The highest BCUT2D eigenvalue weighted by atomic mass is 16.7. The third-order valence-corrected chi connectivity index (χ3v) is 4.49. The first-order valence-electron chi connectivity index (χ1n) is 8.56. The number of hydrogen-bond donors (Lipinski definition) is 0. The lowest BCUT2D eigenvalue weighted by Gasteiger charge is -2.32. The van der Waals surface area contributed by atoms with Crippen LogP contribution in [-0.4, -0.2) is 18.3 Å². The van der Waals surface area contributed by atoms with Crippen LogP contribution in [0.3, 0.4) is 0 Å². The van der Waals surface area contributed by atoms with Gasteiger partial charge in [0.15, 0.2) is 0 Å². The van der Waals surface area contributed by atoms with Crippen molar-refractivity contribution in [3.8, 4) is 0 Å². The second-order valence-corrected chi connectivity index (χ2v) is 8.48. The SMILES string of the molecule is CCCCCC/C(=C\C(C)(C)C)B1OC(C)(C)C(C)(C)O1. The van der Waals surface area contributed by atoms with E-state index in [9.17, 15) is 0 Å². The van der Waals surface area contributed by atoms with Gasteiger partial charge in [-0.1, -0.05) is 59.5 Å². The van der Waals surface area contributed by atoms with Crippen LogP contribution in [0, 0.1) is 5.41 Å². The van der Waals surface area contributed by atoms with Gasteiger partial charge in [-0.15, -0.1) is 0 Å². The first-order chi connectivity index (χ1) is 9.48. The smallest absolute Gasteiger partial charge is 0.400 e. The van der Waals surface area contributed by atoms with Crippen molar-refractivity contribution in [2.75, 3.05) is 0 Å². The van der Waals surface area contributed by atoms with Crippen LogP contribution in [0.25, 0.3) is 0 Å². The molecule has 0 aromatic carbocycles. The van der Waals surface area contributed by atoms with E-state index in [-0.39, 0.29) is 23.7 Å². The Morgan fingerprint density at radius 1 is 0.952 bits per heavy atom. The second-order valence-electron chi connectivity index (χ2n) is 8.48. The Morgan fingerprint density at radius 3 is 1.90 bits per heavy atom. The molecule has 0 N–H and O–H groups in total. The van der Waals surface area contributed by atoms with Crippen LogP contribution < -0.4 is 0 Å². The fraction of sp³-hybridized carbons (Fsp3) is 0.889. The Balaban J connectivity index is 2.81. The van der Waals surface area contributed by atoms with E-state index < -0.39 is 0 Å². The van der Waals surface area contributed by atoms with Crippen molar-refractivity contribution in [2.24, 2.45) is 5.41 Å². The molecule has 0 amide bonds. The molecule has 2 nitrogen and oxygen atoms in total. The minimum atomic E-state index is -0.252. The highest BCUT2D eigenvalue weighted by molar-refractivity contribution is 6.54. The molecule has 0 radical (unpaired) electrons. The molecule has 1 rings (SSSR count). The van der Waals surface area contributed by atoms with E-state index in [0.717, 1.165) is 6.42 Å². The first-order valence-corrected chi connectivity index (χ1v) is 8.56. The maximum absolute atomic E-state index is 6.24. The van der Waals surface area contributed by atoms with Crippen molar-refractivity contribution in [2.45, 2.75) is 98.7 Å². The monoisotopic (exact) mass is 294 g/mol. The van der Waals surface area contributed by atoms with Gasteiger partial charge in [0.05, 0.1) is 11.2 Å². The molecule has 1 aliphatic rings. The van der Waals surface area contributed by atoms with Crippen molar-refractivity contribution in [1.29, 1.82) is 0 Å². The molecule has 0 bridgehead atoms. The van der Waals surface area contributed by atoms with Crippen LogP contribution in [0.1, 0.15) is 87.5 Å². The standard InChI is InChI=1S/C18H35BO2/c1-9-10-11-12-13-15(14-16(2,3)4)19-20-17(5,6)18(7,8)21-19/h14H,9-13H2,1-8H3/b15-14+. The molecule has 0 saturated carbocycles. The molecule has 0 aliphatic carbocycles. The van der Waals surface area contributed by atoms with Gasteiger partial charge >= 0.3 is 7.12 Å². The summed E-state index contributed by atoms with van der Waals surface area (Å²) >= 11 is 0. The highest BCUT2D eigenvalue weighted by Crippen LogP contribution is 2.40. The van der Waals surface area contributed by atoms with Crippen LogP contribution in [0.15, 0.2) is 11.5 Å². The van der Waals surface area contributed by atoms with E-state index in [2.05, 4.69) is 61.5 Å². The lowest BCUT2D eigenvalue weighted by atomic mass is 9.72. The van der Waals surface area contributed by atoms with Crippen molar-refractivity contribution in [3.63, 3.8) is 0 Å². The minimum Gasteiger partial charge on any atom is -0.400 e. The maximum atomic E-state index is 6.24. The summed E-state index contributed by atoms with van der Waals surface area (Å²) in [6.45, 7) is 17.5. The van der Waals surface area contributed by atoms with Crippen molar-refractivity contribution < 1.29 is 9.31 Å². The van der Waals surface area contributed by atoms with Gasteiger partial charge in [0.2, 0.25) is 0 Å². The van der Waals surface area contributed by atoms with Gasteiger partial charge < -0.3 is 9.31 Å². The van der Waals surface area contributed by atoms with Gasteiger partial charge in [0.25, 0.3) is 0 Å². The average Bonchev–Trinajstić information content (AvgIpc) is 2.51. The summed E-state index contributed by atoms with van der Waals surface area (Å²) in [7, 11) is -0.184. The molecule has 1 aliphatic heterocycles. The van der Waals surface area contributed by atoms with Gasteiger partial charge in [0.1, 0.15) is 0 Å². The summed E-state index contributed by atoms with van der Waals surface area (Å²) in [5.74, 6) is 0. The quantitative estimate of drug-likeness (QED) is 0.471. The van der Waals surface area contributed by atoms with Crippen LogP contribution in [-0.2, 0) is 9.31 Å². The van der Waals surface area contributed by atoms with Gasteiger partial charge in [0, 0.05) is 0 Å². The fourth-order valence-electron chi connectivity index (χ4n) is 2.56. The summed E-state index contributed by atoms with van der Waals surface area (Å²) in [6, 6.07) is 0. The number of hydrogen-bond acceptors (Lipinski definition) is 2. The zero-order chi connectivity index (χ0) is 16.3. The highest BCUT2D eigenvalue weighted by Gasteiger charge is 2.52. The molecule has 1 fully saturated rings. The molecule has 3 heteroatoms. The van der Waals surface area contributed by atoms with Gasteiger partial charge in [-0.05, 0) is 45.0 Å². The Kier molecular flexibility index (Phi) is 6.14. The van der Waals surface area contributed by atoms with E-state index in [1.807, 2.05) is 0 Å². The summed E-state index contributed by atoms with van der Waals surface area (Å²) in [4.78, 5) is 0. The molecule has 0 atom stereocenters. The number of allylic oxidation sites excluding steroid dienone is 2. The van der Waals surface area contributed by atoms with Crippen LogP contribution in [0.2, 0.25) is 0 Å². The van der Waals surface area contributed by atoms with Crippen LogP contribution >= 0.6 is 0 Å². The zero-order valence-corrected chi connectivity index (χ0v) is 15.5. The lowest BCUT2D eigenvalue weighted by Crippen LogP contribution is -2.41. The molecule has 122 valence electrons. The van der Waals surface area contributed by atoms with Crippen LogP contribution in [0.5, 0.6) is 0 Å². The molecular formula is C18H35BO2. The third-order valence-electron chi connectivity index (χ3n) is 4.49. The Morgan fingerprint density at radius 2 is 1.48 bits per heavy atom. The fourth-order valence-corrected chi connectivity index (χ4v) is 2.56. The van der Waals surface area contributed by atoms with Gasteiger partial charge in [-0.2, -0.15) is 0 Å². The summed E-state index contributed by atoms with van der Waals surface area (Å²) in [5.41, 5.74) is 0.969. The largest absolute Gasteiger partial charge is 0.490 e. The first kappa shape index (κ1) is 18.8. The van der Waals surface area contributed by atoms with E-state index in [0.29, 0.717) is 0 Å². The van der Waals surface area contributed by atoms with Crippen molar-refractivity contribution in [3.05, 3.63) is 11.5 Å². The summed E-state index contributed by atoms with van der Waals surface area (Å²) in [5, 5.41) is 0. The van der Waals surface area contributed by atoms with E-state index >= 15 is 0 Å². The van der Waals surface area contributed by atoms with Crippen molar-refractivity contribution in [1.82, 2.24) is 0 Å². The molecule has 1 heterocycles. The molecule has 0 aromatic rings. The summed E-state index contributed by atoms with van der Waals surface area (Å²) < 4.78 is 12.5. The zero-order valence-electron chi connectivity index (χ0n) is 15.5. The predicted octanol–water partition coefficient (Wildman–Crippen LogP) is 5.56. The molecule has 1 saturated heterocycles. The summed E-state index contributed by atoms with van der Waals surface area (Å²) in [6.07, 6.45) is 8.52. The van der Waals surface area contributed by atoms with Crippen LogP contribution in [0.4, 0.5) is 0 Å². The lowest BCUT2D eigenvalue weighted by molar-refractivity contribution is 0.00578. The van der Waals surface area contributed by atoms with Gasteiger partial charge in [-0.25, -0.2) is 0 Å². The third kappa shape index (κ3) is 5.45. The second kappa shape index (κ2) is 6.87. The maximum Gasteiger partial charge on any atom is 0.490 e. The van der Waals surface area contributed by atoms with E-state index in [1.54, 1.807) is 0 Å². The van der Waals surface area contributed by atoms with Crippen molar-refractivity contribution >= 4 is 7.12 Å². The molecular weight excluding hydrogens is 259 g/mol. The van der Waals surface area contributed by atoms with E-state index in [1.165, 1.54) is 31.2 Å². The Bertz CT molecular complexity index is 348. The predicted molar refractivity (Wildman–Crippen MR) is 92.4 cm³/mol.